The molecule has 0 aliphatic rings. The second-order valence-electron chi connectivity index (χ2n) is 4.07. The minimum atomic E-state index is -0.691. The molecule has 0 bridgehead atoms. The molecule has 2 aromatic heterocycles. The van der Waals surface area contributed by atoms with Crippen LogP contribution in [0.15, 0.2) is 27.8 Å². The summed E-state index contributed by atoms with van der Waals surface area (Å²) in [5.74, 6) is 0.543. The molecule has 2 aromatic rings. The molecule has 0 saturated carbocycles. The second-order valence-corrected chi connectivity index (χ2v) is 4.07. The monoisotopic (exact) mass is 220 g/mol. The fourth-order valence-corrected chi connectivity index (χ4v) is 1.18. The Bertz CT molecular complexity index is 550. The fraction of sp³-hybridized carbons (Fsp3) is 0.300. The van der Waals surface area contributed by atoms with Gasteiger partial charge in [-0.05, 0) is 13.8 Å². The number of rotatable bonds is 2. The summed E-state index contributed by atoms with van der Waals surface area (Å²) in [6, 6.07) is 1.40. The largest absolute Gasteiger partial charge is 0.367 e. The van der Waals surface area contributed by atoms with Crippen LogP contribution in [0.4, 0.5) is 0 Å². The summed E-state index contributed by atoms with van der Waals surface area (Å²) >= 11 is 0. The Morgan fingerprint density at radius 1 is 1.50 bits per heavy atom. The zero-order valence-electron chi connectivity index (χ0n) is 9.02. The summed E-state index contributed by atoms with van der Waals surface area (Å²) in [7, 11) is 0. The van der Waals surface area contributed by atoms with Crippen LogP contribution in [0, 0.1) is 0 Å². The van der Waals surface area contributed by atoms with Crippen molar-refractivity contribution in [1.82, 2.24) is 15.1 Å². The van der Waals surface area contributed by atoms with Gasteiger partial charge in [-0.3, -0.25) is 4.79 Å². The van der Waals surface area contributed by atoms with Crippen molar-refractivity contribution in [2.45, 2.75) is 19.4 Å². The lowest BCUT2D eigenvalue weighted by molar-refractivity contribution is 0.397. The van der Waals surface area contributed by atoms with E-state index < -0.39 is 5.54 Å². The molecule has 0 fully saturated rings. The Hall–Kier alpha value is -1.95. The highest BCUT2D eigenvalue weighted by Crippen LogP contribution is 2.17. The molecule has 0 spiro atoms. The summed E-state index contributed by atoms with van der Waals surface area (Å²) in [5, 5.41) is 3.74. The second kappa shape index (κ2) is 3.57. The maximum absolute atomic E-state index is 11.5. The molecule has 3 N–H and O–H groups in total. The summed E-state index contributed by atoms with van der Waals surface area (Å²) in [4.78, 5) is 18.4. The van der Waals surface area contributed by atoms with E-state index in [1.807, 2.05) is 0 Å². The van der Waals surface area contributed by atoms with Crippen LogP contribution in [-0.2, 0) is 5.54 Å². The third-order valence-electron chi connectivity index (χ3n) is 2.06. The predicted molar refractivity (Wildman–Crippen MR) is 57.6 cm³/mol. The fourth-order valence-electron chi connectivity index (χ4n) is 1.18. The van der Waals surface area contributed by atoms with E-state index in [9.17, 15) is 4.79 Å². The van der Waals surface area contributed by atoms with Crippen molar-refractivity contribution < 1.29 is 4.52 Å². The molecule has 84 valence electrons. The summed E-state index contributed by atoms with van der Waals surface area (Å²) < 4.78 is 5.00. The quantitative estimate of drug-likeness (QED) is 0.773. The van der Waals surface area contributed by atoms with Gasteiger partial charge >= 0.3 is 0 Å². The number of H-pyrrole nitrogens is 1. The zero-order chi connectivity index (χ0) is 11.8. The predicted octanol–water partition coefficient (Wildman–Crippen LogP) is 0.619. The number of hydrogen-bond acceptors (Lipinski definition) is 5. The highest BCUT2D eigenvalue weighted by Gasteiger charge is 2.22. The van der Waals surface area contributed by atoms with Gasteiger partial charge < -0.3 is 15.2 Å². The molecule has 0 saturated heterocycles. The first-order valence-corrected chi connectivity index (χ1v) is 4.79. The molecule has 0 atom stereocenters. The Labute approximate surface area is 91.5 Å². The molecule has 0 aliphatic carbocycles. The number of nitrogens with two attached hydrogens (primary N) is 1. The molecule has 0 unspecified atom stereocenters. The lowest BCUT2D eigenvalue weighted by Crippen LogP contribution is -2.30. The van der Waals surface area contributed by atoms with Crippen LogP contribution in [0.2, 0.25) is 0 Å². The van der Waals surface area contributed by atoms with Gasteiger partial charge in [-0.15, -0.1) is 0 Å². The minimum Gasteiger partial charge on any atom is -0.367 e. The van der Waals surface area contributed by atoms with Crippen LogP contribution in [0.5, 0.6) is 0 Å². The SMILES string of the molecule is CC(C)(N)c1noc(-c2c[nH]ccc2=O)n1. The zero-order valence-corrected chi connectivity index (χ0v) is 9.02. The van der Waals surface area contributed by atoms with Gasteiger partial charge in [-0.1, -0.05) is 5.16 Å². The summed E-state index contributed by atoms with van der Waals surface area (Å²) in [5.41, 5.74) is 5.29. The Morgan fingerprint density at radius 3 is 2.81 bits per heavy atom. The lowest BCUT2D eigenvalue weighted by atomic mass is 10.1. The number of pyridine rings is 1. The number of hydrogen-bond donors (Lipinski definition) is 2. The molecule has 0 aromatic carbocycles. The van der Waals surface area contributed by atoms with E-state index in [0.29, 0.717) is 11.4 Å². The van der Waals surface area contributed by atoms with E-state index in [1.54, 1.807) is 13.8 Å². The smallest absolute Gasteiger partial charge is 0.263 e. The van der Waals surface area contributed by atoms with Crippen molar-refractivity contribution in [1.29, 1.82) is 0 Å². The highest BCUT2D eigenvalue weighted by atomic mass is 16.5. The van der Waals surface area contributed by atoms with Gasteiger partial charge in [-0.25, -0.2) is 0 Å². The van der Waals surface area contributed by atoms with Crippen LogP contribution in [-0.4, -0.2) is 15.1 Å². The van der Waals surface area contributed by atoms with E-state index in [1.165, 1.54) is 18.5 Å². The van der Waals surface area contributed by atoms with Gasteiger partial charge in [0.25, 0.3) is 5.89 Å². The van der Waals surface area contributed by atoms with Crippen LogP contribution < -0.4 is 11.2 Å². The maximum Gasteiger partial charge on any atom is 0.263 e. The maximum atomic E-state index is 11.5. The van der Waals surface area contributed by atoms with Crippen LogP contribution in [0.25, 0.3) is 11.5 Å². The first-order valence-electron chi connectivity index (χ1n) is 4.79. The highest BCUT2D eigenvalue weighted by molar-refractivity contribution is 5.50. The normalized spacial score (nSPS) is 11.7. The standard InChI is InChI=1S/C10H12N4O2/c1-10(2,11)9-13-8(16-14-9)6-5-12-4-3-7(6)15/h3-5H,11H2,1-2H3,(H,12,15). The lowest BCUT2D eigenvalue weighted by Gasteiger charge is -2.11. The Kier molecular flexibility index (Phi) is 2.35. The van der Waals surface area contributed by atoms with E-state index in [2.05, 4.69) is 15.1 Å². The molecular weight excluding hydrogens is 208 g/mol. The van der Waals surface area contributed by atoms with E-state index >= 15 is 0 Å². The van der Waals surface area contributed by atoms with Crippen molar-refractivity contribution in [3.05, 3.63) is 34.5 Å². The van der Waals surface area contributed by atoms with E-state index in [4.69, 9.17) is 10.3 Å². The first-order chi connectivity index (χ1) is 7.48. The third-order valence-corrected chi connectivity index (χ3v) is 2.06. The third kappa shape index (κ3) is 1.87. The van der Waals surface area contributed by atoms with E-state index in [-0.39, 0.29) is 11.3 Å². The van der Waals surface area contributed by atoms with Gasteiger partial charge in [0.15, 0.2) is 11.3 Å². The van der Waals surface area contributed by atoms with Gasteiger partial charge in [0, 0.05) is 18.5 Å². The number of nitrogens with one attached hydrogen (secondary N) is 1. The average Bonchev–Trinajstić information content (AvgIpc) is 2.66. The number of aromatic nitrogens is 3. The molecule has 0 amide bonds. The van der Waals surface area contributed by atoms with Gasteiger partial charge in [0.1, 0.15) is 5.56 Å². The van der Waals surface area contributed by atoms with Gasteiger partial charge in [0.2, 0.25) is 0 Å². The minimum absolute atomic E-state index is 0.176. The molecule has 0 aliphatic heterocycles. The van der Waals surface area contributed by atoms with Crippen molar-refractivity contribution in [2.75, 3.05) is 0 Å². The Balaban J connectivity index is 2.48. The van der Waals surface area contributed by atoms with Crippen molar-refractivity contribution in [3.63, 3.8) is 0 Å². The van der Waals surface area contributed by atoms with Gasteiger partial charge in [0.05, 0.1) is 5.54 Å². The number of aromatic amines is 1. The van der Waals surface area contributed by atoms with E-state index in [0.717, 1.165) is 0 Å². The molecule has 16 heavy (non-hydrogen) atoms. The molecule has 2 rings (SSSR count). The molecule has 2 heterocycles. The summed E-state index contributed by atoms with van der Waals surface area (Å²) in [6.45, 7) is 3.52. The Morgan fingerprint density at radius 2 is 2.25 bits per heavy atom. The van der Waals surface area contributed by atoms with Crippen LogP contribution in [0.3, 0.4) is 0 Å². The summed E-state index contributed by atoms with van der Waals surface area (Å²) in [6.07, 6.45) is 3.05. The topological polar surface area (TPSA) is 97.8 Å². The molecule has 6 nitrogen and oxygen atoms in total. The number of nitrogens with zero attached hydrogens (tertiary/aromatic N) is 2. The van der Waals surface area contributed by atoms with Crippen LogP contribution >= 0.6 is 0 Å². The first kappa shape index (κ1) is 10.6. The van der Waals surface area contributed by atoms with Crippen molar-refractivity contribution in [3.8, 4) is 11.5 Å². The molecular formula is C10H12N4O2. The van der Waals surface area contributed by atoms with Crippen molar-refractivity contribution >= 4 is 0 Å². The molecule has 0 radical (unpaired) electrons. The van der Waals surface area contributed by atoms with Crippen LogP contribution in [0.1, 0.15) is 19.7 Å². The molecule has 6 heteroatoms. The van der Waals surface area contributed by atoms with Gasteiger partial charge in [-0.2, -0.15) is 4.98 Å². The average molecular weight is 220 g/mol. The van der Waals surface area contributed by atoms with Crippen molar-refractivity contribution in [2.24, 2.45) is 5.73 Å².